The van der Waals surface area contributed by atoms with Gasteiger partial charge < -0.3 is 19.8 Å². The zero-order chi connectivity index (χ0) is 11.9. The largest absolute Gasteiger partial charge is 0.383 e. The lowest BCUT2D eigenvalue weighted by Gasteiger charge is -2.19. The van der Waals surface area contributed by atoms with E-state index in [1.807, 2.05) is 6.20 Å². The number of aromatic amines is 1. The summed E-state index contributed by atoms with van der Waals surface area (Å²) in [5, 5.41) is 3.29. The quantitative estimate of drug-likeness (QED) is 0.728. The standard InChI is InChI=1S/C12H21N3O2/c1-16-6-4-13-7-11-8-14-12(15-11)10-3-2-5-17-9-10/h8,10,13H,2-7,9H2,1H3,(H,14,15). The molecule has 0 aromatic carbocycles. The molecule has 5 nitrogen and oxygen atoms in total. The molecule has 0 saturated carbocycles. The Morgan fingerprint density at radius 2 is 2.59 bits per heavy atom. The molecule has 0 amide bonds. The second kappa shape index (κ2) is 6.74. The number of hydrogen-bond acceptors (Lipinski definition) is 4. The summed E-state index contributed by atoms with van der Waals surface area (Å²) in [6, 6.07) is 0. The first-order chi connectivity index (χ1) is 8.40. The lowest BCUT2D eigenvalue weighted by molar-refractivity contribution is 0.0782. The van der Waals surface area contributed by atoms with E-state index in [1.165, 1.54) is 6.42 Å². The Labute approximate surface area is 102 Å². The van der Waals surface area contributed by atoms with E-state index in [0.29, 0.717) is 5.92 Å². The third-order valence-corrected chi connectivity index (χ3v) is 2.99. The van der Waals surface area contributed by atoms with Crippen LogP contribution in [-0.2, 0) is 16.0 Å². The maximum absolute atomic E-state index is 5.47. The molecule has 0 bridgehead atoms. The van der Waals surface area contributed by atoms with Gasteiger partial charge in [-0.2, -0.15) is 0 Å². The molecule has 0 radical (unpaired) electrons. The van der Waals surface area contributed by atoms with E-state index in [-0.39, 0.29) is 0 Å². The molecule has 1 aromatic rings. The molecule has 1 aliphatic rings. The first-order valence-electron chi connectivity index (χ1n) is 6.21. The highest BCUT2D eigenvalue weighted by Gasteiger charge is 2.18. The predicted octanol–water partition coefficient (Wildman–Crippen LogP) is 1.04. The number of hydrogen-bond donors (Lipinski definition) is 2. The van der Waals surface area contributed by atoms with Gasteiger partial charge in [-0.3, -0.25) is 0 Å². The highest BCUT2D eigenvalue weighted by atomic mass is 16.5. The van der Waals surface area contributed by atoms with Crippen molar-refractivity contribution >= 4 is 0 Å². The summed E-state index contributed by atoms with van der Waals surface area (Å²) in [4.78, 5) is 7.80. The van der Waals surface area contributed by atoms with Crippen LogP contribution in [0.25, 0.3) is 0 Å². The van der Waals surface area contributed by atoms with E-state index in [0.717, 1.165) is 50.8 Å². The molecule has 1 fully saturated rings. The molecule has 17 heavy (non-hydrogen) atoms. The Bertz CT molecular complexity index is 321. The van der Waals surface area contributed by atoms with Crippen molar-refractivity contribution in [1.29, 1.82) is 0 Å². The molecule has 0 spiro atoms. The minimum atomic E-state index is 0.441. The normalized spacial score (nSPS) is 20.6. The molecule has 1 aromatic heterocycles. The van der Waals surface area contributed by atoms with Crippen molar-refractivity contribution in [3.05, 3.63) is 17.7 Å². The van der Waals surface area contributed by atoms with Crippen molar-refractivity contribution in [2.24, 2.45) is 0 Å². The second-order valence-corrected chi connectivity index (χ2v) is 4.38. The van der Waals surface area contributed by atoms with Gasteiger partial charge in [0.15, 0.2) is 0 Å². The Kier molecular flexibility index (Phi) is 4.97. The smallest absolute Gasteiger partial charge is 0.111 e. The van der Waals surface area contributed by atoms with Crippen molar-refractivity contribution in [3.8, 4) is 0 Å². The van der Waals surface area contributed by atoms with Gasteiger partial charge in [0.05, 0.1) is 13.2 Å². The molecule has 1 unspecified atom stereocenters. The van der Waals surface area contributed by atoms with Crippen LogP contribution in [0.1, 0.15) is 30.3 Å². The van der Waals surface area contributed by atoms with Crippen LogP contribution in [0.2, 0.25) is 0 Å². The third kappa shape index (κ3) is 3.80. The minimum absolute atomic E-state index is 0.441. The predicted molar refractivity (Wildman–Crippen MR) is 65.0 cm³/mol. The van der Waals surface area contributed by atoms with Gasteiger partial charge in [0.1, 0.15) is 5.82 Å². The van der Waals surface area contributed by atoms with Crippen LogP contribution in [0, 0.1) is 0 Å². The number of imidazole rings is 1. The van der Waals surface area contributed by atoms with E-state index < -0.39 is 0 Å². The van der Waals surface area contributed by atoms with Crippen molar-refractivity contribution in [2.45, 2.75) is 25.3 Å². The van der Waals surface area contributed by atoms with E-state index in [4.69, 9.17) is 9.47 Å². The fraction of sp³-hybridized carbons (Fsp3) is 0.750. The SMILES string of the molecule is COCCNCc1cnc(C2CCCOC2)[nH]1. The van der Waals surface area contributed by atoms with Crippen LogP contribution in [0.3, 0.4) is 0 Å². The van der Waals surface area contributed by atoms with Gasteiger partial charge in [0.2, 0.25) is 0 Å². The van der Waals surface area contributed by atoms with Gasteiger partial charge in [-0.15, -0.1) is 0 Å². The summed E-state index contributed by atoms with van der Waals surface area (Å²) in [6.07, 6.45) is 4.21. The monoisotopic (exact) mass is 239 g/mol. The Hall–Kier alpha value is -0.910. The maximum atomic E-state index is 5.47. The van der Waals surface area contributed by atoms with E-state index in [9.17, 15) is 0 Å². The molecule has 2 N–H and O–H groups in total. The molecular weight excluding hydrogens is 218 g/mol. The van der Waals surface area contributed by atoms with E-state index in [1.54, 1.807) is 7.11 Å². The average Bonchev–Trinajstić information content (AvgIpc) is 2.85. The summed E-state index contributed by atoms with van der Waals surface area (Å²) in [7, 11) is 1.71. The van der Waals surface area contributed by atoms with Gasteiger partial charge >= 0.3 is 0 Å². The Morgan fingerprint density at radius 3 is 3.35 bits per heavy atom. The van der Waals surface area contributed by atoms with Crippen molar-refractivity contribution in [1.82, 2.24) is 15.3 Å². The van der Waals surface area contributed by atoms with Crippen LogP contribution in [0.15, 0.2) is 6.20 Å². The molecule has 2 heterocycles. The molecule has 2 rings (SSSR count). The topological polar surface area (TPSA) is 59.2 Å². The lowest BCUT2D eigenvalue weighted by Crippen LogP contribution is -2.19. The van der Waals surface area contributed by atoms with Crippen LogP contribution >= 0.6 is 0 Å². The third-order valence-electron chi connectivity index (χ3n) is 2.99. The molecule has 0 aliphatic carbocycles. The fourth-order valence-electron chi connectivity index (χ4n) is 2.03. The van der Waals surface area contributed by atoms with E-state index >= 15 is 0 Å². The highest BCUT2D eigenvalue weighted by Crippen LogP contribution is 2.22. The number of ether oxygens (including phenoxy) is 2. The zero-order valence-corrected chi connectivity index (χ0v) is 10.4. The van der Waals surface area contributed by atoms with Gasteiger partial charge in [-0.1, -0.05) is 0 Å². The molecule has 1 atom stereocenters. The van der Waals surface area contributed by atoms with Crippen LogP contribution in [0.4, 0.5) is 0 Å². The lowest BCUT2D eigenvalue weighted by atomic mass is 10.0. The number of rotatable bonds is 6. The number of nitrogens with one attached hydrogen (secondary N) is 2. The number of methoxy groups -OCH3 is 1. The summed E-state index contributed by atoms with van der Waals surface area (Å²) in [5.41, 5.74) is 1.13. The van der Waals surface area contributed by atoms with Gasteiger partial charge in [0.25, 0.3) is 0 Å². The summed E-state index contributed by atoms with van der Waals surface area (Å²) in [6.45, 7) is 4.09. The first-order valence-corrected chi connectivity index (χ1v) is 6.21. The van der Waals surface area contributed by atoms with Crippen LogP contribution in [-0.4, -0.2) is 43.4 Å². The Morgan fingerprint density at radius 1 is 1.65 bits per heavy atom. The molecule has 5 heteroatoms. The second-order valence-electron chi connectivity index (χ2n) is 4.38. The molecular formula is C12H21N3O2. The van der Waals surface area contributed by atoms with Crippen LogP contribution < -0.4 is 5.32 Å². The summed E-state index contributed by atoms with van der Waals surface area (Å²) < 4.78 is 10.4. The number of nitrogens with zero attached hydrogens (tertiary/aromatic N) is 1. The van der Waals surface area contributed by atoms with Crippen molar-refractivity contribution in [3.63, 3.8) is 0 Å². The highest BCUT2D eigenvalue weighted by molar-refractivity contribution is 5.06. The molecule has 96 valence electrons. The number of aromatic nitrogens is 2. The van der Waals surface area contributed by atoms with Gasteiger partial charge in [0, 0.05) is 44.6 Å². The maximum Gasteiger partial charge on any atom is 0.111 e. The summed E-state index contributed by atoms with van der Waals surface area (Å²) >= 11 is 0. The van der Waals surface area contributed by atoms with E-state index in [2.05, 4.69) is 15.3 Å². The molecule has 1 saturated heterocycles. The average molecular weight is 239 g/mol. The van der Waals surface area contributed by atoms with Crippen molar-refractivity contribution < 1.29 is 9.47 Å². The number of H-pyrrole nitrogens is 1. The summed E-state index contributed by atoms with van der Waals surface area (Å²) in [5.74, 6) is 1.50. The van der Waals surface area contributed by atoms with Crippen molar-refractivity contribution in [2.75, 3.05) is 33.5 Å². The Balaban J connectivity index is 1.78. The zero-order valence-electron chi connectivity index (χ0n) is 10.4. The first kappa shape index (κ1) is 12.5. The minimum Gasteiger partial charge on any atom is -0.383 e. The molecule has 1 aliphatic heterocycles. The fourth-order valence-corrected chi connectivity index (χ4v) is 2.03. The van der Waals surface area contributed by atoms with Crippen LogP contribution in [0.5, 0.6) is 0 Å². The van der Waals surface area contributed by atoms with Gasteiger partial charge in [-0.05, 0) is 12.8 Å². The van der Waals surface area contributed by atoms with Gasteiger partial charge in [-0.25, -0.2) is 4.98 Å².